The normalized spacial score (nSPS) is 10.5. The molecule has 1 N–H and O–H groups in total. The van der Waals surface area contributed by atoms with Crippen LogP contribution in [-0.4, -0.2) is 30.5 Å². The first-order chi connectivity index (χ1) is 13.5. The van der Waals surface area contributed by atoms with Crippen molar-refractivity contribution in [3.63, 3.8) is 0 Å². The molecule has 144 valence electrons. The Morgan fingerprint density at radius 2 is 1.93 bits per heavy atom. The van der Waals surface area contributed by atoms with Gasteiger partial charge in [-0.25, -0.2) is 0 Å². The van der Waals surface area contributed by atoms with Crippen molar-refractivity contribution in [2.45, 2.75) is 6.42 Å². The molecule has 1 heterocycles. The zero-order chi connectivity index (χ0) is 20.1. The predicted octanol–water partition coefficient (Wildman–Crippen LogP) is 3.07. The number of fused-ring (bicyclic) bond motifs is 1. The summed E-state index contributed by atoms with van der Waals surface area (Å²) in [5, 5.41) is 13.9. The predicted molar refractivity (Wildman–Crippen MR) is 99.2 cm³/mol. The first-order valence-corrected chi connectivity index (χ1v) is 8.20. The topological polar surface area (TPSA) is 121 Å². The number of carbonyl (C=O) groups is 2. The summed E-state index contributed by atoms with van der Waals surface area (Å²) in [6, 6.07) is 10.6. The molecule has 0 bridgehead atoms. The molecule has 0 radical (unpaired) electrons. The highest BCUT2D eigenvalue weighted by Crippen LogP contribution is 2.26. The molecule has 1 aromatic heterocycles. The van der Waals surface area contributed by atoms with Crippen molar-refractivity contribution in [3.8, 4) is 5.75 Å². The van der Waals surface area contributed by atoms with E-state index in [0.29, 0.717) is 22.6 Å². The third-order valence-corrected chi connectivity index (χ3v) is 3.92. The lowest BCUT2D eigenvalue weighted by molar-refractivity contribution is -0.384. The van der Waals surface area contributed by atoms with Gasteiger partial charge in [0.05, 0.1) is 24.7 Å². The Balaban J connectivity index is 1.52. The molecule has 0 atom stereocenters. The number of methoxy groups -OCH3 is 1. The minimum absolute atomic E-state index is 0.0514. The zero-order valence-electron chi connectivity index (χ0n) is 14.8. The second-order valence-electron chi connectivity index (χ2n) is 5.81. The van der Waals surface area contributed by atoms with Crippen LogP contribution < -0.4 is 10.1 Å². The van der Waals surface area contributed by atoms with Crippen molar-refractivity contribution < 1.29 is 28.4 Å². The molecule has 0 unspecified atom stereocenters. The summed E-state index contributed by atoms with van der Waals surface area (Å²) in [4.78, 5) is 33.9. The number of nitrogens with one attached hydrogen (secondary N) is 1. The average molecular weight is 384 g/mol. The van der Waals surface area contributed by atoms with Gasteiger partial charge in [-0.3, -0.25) is 19.7 Å². The highest BCUT2D eigenvalue weighted by Gasteiger charge is 2.14. The number of hydrogen-bond acceptors (Lipinski definition) is 7. The molecule has 3 aromatic rings. The van der Waals surface area contributed by atoms with Crippen LogP contribution in [0.1, 0.15) is 5.56 Å². The quantitative estimate of drug-likeness (QED) is 0.377. The summed E-state index contributed by atoms with van der Waals surface area (Å²) >= 11 is 0. The van der Waals surface area contributed by atoms with Crippen LogP contribution in [0.3, 0.4) is 0 Å². The van der Waals surface area contributed by atoms with Gasteiger partial charge in [0.15, 0.2) is 6.61 Å². The van der Waals surface area contributed by atoms with Crippen molar-refractivity contribution in [3.05, 3.63) is 64.4 Å². The number of benzene rings is 2. The van der Waals surface area contributed by atoms with Gasteiger partial charge in [0.1, 0.15) is 11.3 Å². The minimum atomic E-state index is -0.586. The molecular weight excluding hydrogens is 368 g/mol. The molecule has 0 aliphatic heterocycles. The Hall–Kier alpha value is -3.88. The van der Waals surface area contributed by atoms with E-state index in [1.54, 1.807) is 25.3 Å². The number of carbonyl (C=O) groups excluding carboxylic acids is 2. The van der Waals surface area contributed by atoms with Gasteiger partial charge in [0.2, 0.25) is 0 Å². The number of nitro groups is 1. The van der Waals surface area contributed by atoms with Gasteiger partial charge >= 0.3 is 5.97 Å². The molecule has 2 aromatic carbocycles. The number of anilines is 1. The lowest BCUT2D eigenvalue weighted by Gasteiger charge is -2.06. The number of non-ortho nitro benzene ring substituents is 1. The second-order valence-corrected chi connectivity index (χ2v) is 5.81. The van der Waals surface area contributed by atoms with Crippen molar-refractivity contribution in [1.29, 1.82) is 0 Å². The molecule has 0 saturated heterocycles. The fourth-order valence-electron chi connectivity index (χ4n) is 2.54. The van der Waals surface area contributed by atoms with Crippen molar-refractivity contribution >= 4 is 34.2 Å². The maximum atomic E-state index is 12.0. The van der Waals surface area contributed by atoms with E-state index in [2.05, 4.69) is 5.32 Å². The van der Waals surface area contributed by atoms with E-state index in [9.17, 15) is 19.7 Å². The largest absolute Gasteiger partial charge is 0.497 e. The average Bonchev–Trinajstić information content (AvgIpc) is 3.08. The molecule has 0 saturated carbocycles. The number of nitro benzene ring substituents is 1. The van der Waals surface area contributed by atoms with Crippen LogP contribution in [-0.2, 0) is 20.7 Å². The number of ether oxygens (including phenoxy) is 2. The van der Waals surface area contributed by atoms with Crippen LogP contribution in [0.5, 0.6) is 5.75 Å². The Kier molecular flexibility index (Phi) is 5.54. The summed E-state index contributed by atoms with van der Waals surface area (Å²) in [7, 11) is 1.55. The van der Waals surface area contributed by atoms with Crippen molar-refractivity contribution in [2.24, 2.45) is 0 Å². The zero-order valence-corrected chi connectivity index (χ0v) is 14.8. The summed E-state index contributed by atoms with van der Waals surface area (Å²) in [5.74, 6) is -0.500. The van der Waals surface area contributed by atoms with Gasteiger partial charge in [0.25, 0.3) is 11.6 Å². The fourth-order valence-corrected chi connectivity index (χ4v) is 2.54. The van der Waals surface area contributed by atoms with Crippen molar-refractivity contribution in [2.75, 3.05) is 19.0 Å². The lowest BCUT2D eigenvalue weighted by Crippen LogP contribution is -2.21. The molecule has 0 fully saturated rings. The van der Waals surface area contributed by atoms with Crippen LogP contribution >= 0.6 is 0 Å². The Labute approximate surface area is 159 Å². The third kappa shape index (κ3) is 4.44. The molecule has 0 spiro atoms. The highest BCUT2D eigenvalue weighted by molar-refractivity contribution is 5.93. The number of rotatable bonds is 7. The highest BCUT2D eigenvalue weighted by atomic mass is 16.6. The number of amides is 1. The van der Waals surface area contributed by atoms with E-state index in [4.69, 9.17) is 13.9 Å². The van der Waals surface area contributed by atoms with E-state index in [-0.39, 0.29) is 12.1 Å². The number of esters is 1. The number of hydrogen-bond donors (Lipinski definition) is 1. The Morgan fingerprint density at radius 1 is 1.18 bits per heavy atom. The van der Waals surface area contributed by atoms with Crippen LogP contribution in [0.25, 0.3) is 11.0 Å². The van der Waals surface area contributed by atoms with Gasteiger partial charge in [-0.2, -0.15) is 0 Å². The van der Waals surface area contributed by atoms with Crippen LogP contribution in [0.4, 0.5) is 11.4 Å². The fraction of sp³-hybridized carbons (Fsp3) is 0.158. The SMILES string of the molecule is COc1ccc2c(CC(=O)OCC(=O)Nc3ccc([N+](=O)[O-])cc3)coc2c1. The molecule has 9 heteroatoms. The Morgan fingerprint density at radius 3 is 2.61 bits per heavy atom. The van der Waals surface area contributed by atoms with E-state index >= 15 is 0 Å². The van der Waals surface area contributed by atoms with Gasteiger partial charge in [-0.05, 0) is 24.3 Å². The summed E-state index contributed by atoms with van der Waals surface area (Å²) in [6.45, 7) is -0.473. The molecule has 0 aliphatic carbocycles. The van der Waals surface area contributed by atoms with E-state index in [0.717, 1.165) is 5.39 Å². The minimum Gasteiger partial charge on any atom is -0.497 e. The van der Waals surface area contributed by atoms with Gasteiger partial charge in [-0.15, -0.1) is 0 Å². The molecular formula is C19H16N2O7. The monoisotopic (exact) mass is 384 g/mol. The lowest BCUT2D eigenvalue weighted by atomic mass is 10.1. The second kappa shape index (κ2) is 8.21. The smallest absolute Gasteiger partial charge is 0.310 e. The molecule has 0 aliphatic rings. The van der Waals surface area contributed by atoms with Gasteiger partial charge in [-0.1, -0.05) is 0 Å². The summed E-state index contributed by atoms with van der Waals surface area (Å²) in [5.41, 5.74) is 1.49. The third-order valence-electron chi connectivity index (χ3n) is 3.92. The summed E-state index contributed by atoms with van der Waals surface area (Å²) in [6.07, 6.45) is 1.41. The number of nitrogens with zero attached hydrogens (tertiary/aromatic N) is 1. The molecule has 1 amide bonds. The maximum absolute atomic E-state index is 12.0. The van der Waals surface area contributed by atoms with Crippen LogP contribution in [0, 0.1) is 10.1 Å². The standard InChI is InChI=1S/C19H16N2O7/c1-26-15-6-7-16-12(10-27-17(16)9-15)8-19(23)28-11-18(22)20-13-2-4-14(5-3-13)21(24)25/h2-7,9-10H,8,11H2,1H3,(H,20,22). The van der Waals surface area contributed by atoms with Crippen molar-refractivity contribution in [1.82, 2.24) is 0 Å². The number of furan rings is 1. The first-order valence-electron chi connectivity index (χ1n) is 8.20. The molecule has 3 rings (SSSR count). The van der Waals surface area contributed by atoms with Gasteiger partial charge in [0, 0.05) is 34.8 Å². The van der Waals surface area contributed by atoms with E-state index < -0.39 is 23.4 Å². The first kappa shape index (κ1) is 18.9. The maximum Gasteiger partial charge on any atom is 0.310 e. The molecule has 9 nitrogen and oxygen atoms in total. The van der Waals surface area contributed by atoms with Gasteiger partial charge < -0.3 is 19.2 Å². The summed E-state index contributed by atoms with van der Waals surface area (Å²) < 4.78 is 15.5. The molecule has 28 heavy (non-hydrogen) atoms. The Bertz CT molecular complexity index is 1020. The van der Waals surface area contributed by atoms with Crippen LogP contribution in [0.15, 0.2) is 53.1 Å². The van der Waals surface area contributed by atoms with E-state index in [1.807, 2.05) is 0 Å². The van der Waals surface area contributed by atoms with E-state index in [1.165, 1.54) is 30.5 Å². The van der Waals surface area contributed by atoms with Crippen LogP contribution in [0.2, 0.25) is 0 Å².